The van der Waals surface area contributed by atoms with Crippen molar-refractivity contribution >= 4 is 0 Å². The predicted octanol–water partition coefficient (Wildman–Crippen LogP) is 2.67. The van der Waals surface area contributed by atoms with Gasteiger partial charge in [-0.2, -0.15) is 0 Å². The molecule has 0 aromatic carbocycles. The van der Waals surface area contributed by atoms with Crippen LogP contribution in [0.15, 0.2) is 24.2 Å². The van der Waals surface area contributed by atoms with Gasteiger partial charge in [0, 0.05) is 2.74 Å². The van der Waals surface area contributed by atoms with E-state index in [-0.39, 0.29) is 6.42 Å². The molecule has 11 heavy (non-hydrogen) atoms. The summed E-state index contributed by atoms with van der Waals surface area (Å²) in [4.78, 5) is 0. The minimum absolute atomic E-state index is 0.00986. The van der Waals surface area contributed by atoms with Crippen LogP contribution in [0, 0.1) is 0 Å². The van der Waals surface area contributed by atoms with E-state index >= 15 is 0 Å². The van der Waals surface area contributed by atoms with Crippen LogP contribution < -0.4 is 0 Å². The number of allylic oxidation sites excluding steroid dienone is 2. The van der Waals surface area contributed by atoms with Gasteiger partial charge in [-0.05, 0) is 33.6 Å². The van der Waals surface area contributed by atoms with E-state index in [0.29, 0.717) is 6.42 Å². The predicted molar refractivity (Wildman–Crippen MR) is 49.5 cm³/mol. The lowest BCUT2D eigenvalue weighted by Gasteiger charge is -2.16. The summed E-state index contributed by atoms with van der Waals surface area (Å²) in [7, 11) is 0. The average molecular weight is 159 g/mol. The highest BCUT2D eigenvalue weighted by atomic mass is 16.3. The average Bonchev–Trinajstić information content (AvgIpc) is 2.15. The largest absolute Gasteiger partial charge is 0.386 e. The first kappa shape index (κ1) is 4.46. The van der Waals surface area contributed by atoms with E-state index in [2.05, 4.69) is 0 Å². The maximum Gasteiger partial charge on any atom is 0.0800 e. The van der Waals surface area contributed by atoms with Gasteiger partial charge in [0.15, 0.2) is 0 Å². The number of hydrogen-bond acceptors (Lipinski definition) is 1. The molecule has 1 heteroatoms. The second-order valence-corrected chi connectivity index (χ2v) is 2.87. The van der Waals surface area contributed by atoms with Gasteiger partial charge in [0.25, 0.3) is 0 Å². The van der Waals surface area contributed by atoms with Gasteiger partial charge >= 0.3 is 0 Å². The van der Waals surface area contributed by atoms with Gasteiger partial charge in [-0.25, -0.2) is 0 Å². The normalized spacial score (nSPS) is 21.6. The highest BCUT2D eigenvalue weighted by Crippen LogP contribution is 2.13. The third-order valence-corrected chi connectivity index (χ3v) is 1.29. The Bertz CT molecular complexity index is 290. The molecule has 0 aromatic rings. The maximum atomic E-state index is 9.95. The van der Waals surface area contributed by atoms with Crippen molar-refractivity contribution in [3.63, 3.8) is 0 Å². The molecule has 0 saturated heterocycles. The van der Waals surface area contributed by atoms with Crippen LogP contribution in [0.1, 0.15) is 40.4 Å². The van der Waals surface area contributed by atoms with Crippen molar-refractivity contribution < 1.29 is 12.0 Å². The van der Waals surface area contributed by atoms with Crippen molar-refractivity contribution in [1.82, 2.24) is 0 Å². The minimum atomic E-state index is -2.02. The fourth-order valence-corrected chi connectivity index (χ4v) is 0.643. The fraction of sp³-hybridized carbons (Fsp3) is 0.600. The maximum absolute atomic E-state index is 9.95. The summed E-state index contributed by atoms with van der Waals surface area (Å²) in [5.74, 6) is 0. The highest BCUT2D eigenvalue weighted by molar-refractivity contribution is 4.97. The first-order valence-corrected chi connectivity index (χ1v) is 3.56. The molecule has 0 rings (SSSR count). The Morgan fingerprint density at radius 2 is 2.64 bits per heavy atom. The lowest BCUT2D eigenvalue weighted by molar-refractivity contribution is 0.103. The van der Waals surface area contributed by atoms with E-state index in [4.69, 9.17) is 6.85 Å². The first-order valence-electron chi connectivity index (χ1n) is 6.22. The monoisotopic (exact) mass is 159 g/mol. The third-order valence-electron chi connectivity index (χ3n) is 1.29. The van der Waals surface area contributed by atoms with E-state index < -0.39 is 25.1 Å². The van der Waals surface area contributed by atoms with Crippen molar-refractivity contribution in [1.29, 1.82) is 0 Å². The standard InChI is InChI=1S/C10H18O/c1-5-10(4,11)8-6-7-9(2)3/h5,7,11H,1,6,8H2,2-4H3/i1D2,4D2,5D. The molecule has 0 saturated carbocycles. The zero-order valence-electron chi connectivity index (χ0n) is 12.0. The molecule has 64 valence electrons. The van der Waals surface area contributed by atoms with E-state index in [1.165, 1.54) is 0 Å². The molecular formula is C10H18O. The second kappa shape index (κ2) is 4.35. The zero-order chi connectivity index (χ0) is 12.9. The topological polar surface area (TPSA) is 20.2 Å². The van der Waals surface area contributed by atoms with Gasteiger partial charge in [-0.3, -0.25) is 0 Å². The molecule has 1 nitrogen and oxygen atoms in total. The Kier molecular flexibility index (Phi) is 1.76. The SMILES string of the molecule is [2H]C([2H])=C([2H])C(O)(CCC=C(C)C)C([2H])[2H]. The summed E-state index contributed by atoms with van der Waals surface area (Å²) >= 11 is 0. The number of hydrogen-bond donors (Lipinski definition) is 1. The molecule has 0 fully saturated rings. The molecular weight excluding hydrogens is 136 g/mol. The fourth-order valence-electron chi connectivity index (χ4n) is 0.643. The van der Waals surface area contributed by atoms with Crippen LogP contribution in [0.2, 0.25) is 0 Å². The minimum Gasteiger partial charge on any atom is -0.386 e. The van der Waals surface area contributed by atoms with Crippen molar-refractivity contribution in [3.8, 4) is 0 Å². The molecule has 0 heterocycles. The lowest BCUT2D eigenvalue weighted by atomic mass is 10.00. The molecule has 0 spiro atoms. The molecule has 0 aromatic heterocycles. The van der Waals surface area contributed by atoms with E-state index in [1.54, 1.807) is 0 Å². The Labute approximate surface area is 76.5 Å². The van der Waals surface area contributed by atoms with Crippen LogP contribution in [0.5, 0.6) is 0 Å². The second-order valence-electron chi connectivity index (χ2n) is 2.87. The molecule has 1 unspecified atom stereocenters. The molecule has 0 bridgehead atoms. The van der Waals surface area contributed by atoms with Gasteiger partial charge < -0.3 is 5.11 Å². The molecule has 0 radical (unpaired) electrons. The summed E-state index contributed by atoms with van der Waals surface area (Å²) in [6, 6.07) is -0.662. The number of aliphatic hydroxyl groups is 1. The molecule has 0 aliphatic heterocycles. The van der Waals surface area contributed by atoms with Crippen molar-refractivity contribution in [2.24, 2.45) is 0 Å². The van der Waals surface area contributed by atoms with Crippen molar-refractivity contribution in [2.75, 3.05) is 0 Å². The Morgan fingerprint density at radius 1 is 1.91 bits per heavy atom. The van der Waals surface area contributed by atoms with Crippen LogP contribution in [0.4, 0.5) is 0 Å². The highest BCUT2D eigenvalue weighted by Gasteiger charge is 2.12. The summed E-state index contributed by atoms with van der Waals surface area (Å²) in [5.41, 5.74) is -0.980. The van der Waals surface area contributed by atoms with Gasteiger partial charge in [0.1, 0.15) is 0 Å². The van der Waals surface area contributed by atoms with Crippen LogP contribution >= 0.6 is 0 Å². The van der Waals surface area contributed by atoms with Crippen LogP contribution in [0.3, 0.4) is 0 Å². The molecule has 1 N–H and O–H groups in total. The quantitative estimate of drug-likeness (QED) is 0.625. The number of rotatable bonds is 4. The van der Waals surface area contributed by atoms with E-state index in [9.17, 15) is 5.11 Å². The summed E-state index contributed by atoms with van der Waals surface area (Å²) < 4.78 is 35.8. The van der Waals surface area contributed by atoms with Crippen LogP contribution in [-0.4, -0.2) is 10.7 Å². The van der Waals surface area contributed by atoms with Gasteiger partial charge in [-0.1, -0.05) is 17.7 Å². The molecule has 0 aliphatic rings. The van der Waals surface area contributed by atoms with Crippen LogP contribution in [0.25, 0.3) is 0 Å². The van der Waals surface area contributed by atoms with Crippen molar-refractivity contribution in [2.45, 2.75) is 39.2 Å². The molecule has 0 amide bonds. The summed E-state index contributed by atoms with van der Waals surface area (Å²) in [5, 5.41) is 9.95. The zero-order valence-corrected chi connectivity index (χ0v) is 7.02. The van der Waals surface area contributed by atoms with Gasteiger partial charge in [0.05, 0.1) is 9.71 Å². The first-order chi connectivity index (χ1) is 7.21. The smallest absolute Gasteiger partial charge is 0.0800 e. The van der Waals surface area contributed by atoms with Crippen molar-refractivity contribution in [3.05, 3.63) is 24.2 Å². The summed E-state index contributed by atoms with van der Waals surface area (Å²) in [6.45, 7) is 1.26. The van der Waals surface area contributed by atoms with Gasteiger partial charge in [-0.15, -0.1) is 6.53 Å². The Morgan fingerprint density at radius 3 is 3.09 bits per heavy atom. The van der Waals surface area contributed by atoms with Crippen LogP contribution in [-0.2, 0) is 0 Å². The van der Waals surface area contributed by atoms with Gasteiger partial charge in [0.2, 0.25) is 0 Å². The van der Waals surface area contributed by atoms with E-state index in [0.717, 1.165) is 5.57 Å². The summed E-state index contributed by atoms with van der Waals surface area (Å²) in [6.07, 6.45) is 2.26. The van der Waals surface area contributed by atoms with E-state index in [1.807, 2.05) is 19.9 Å². The Balaban J connectivity index is 4.86. The molecule has 1 atom stereocenters. The lowest BCUT2D eigenvalue weighted by Crippen LogP contribution is -2.19. The molecule has 0 aliphatic carbocycles. The Hall–Kier alpha value is -0.560. The third kappa shape index (κ3) is 5.86.